The van der Waals surface area contributed by atoms with Gasteiger partial charge < -0.3 is 24.9 Å². The molecule has 0 amide bonds. The Hall–Kier alpha value is -1.05. The fraction of sp³-hybridized carbons (Fsp3) is 0.692. The van der Waals surface area contributed by atoms with Crippen LogP contribution in [0.4, 0.5) is 0 Å². The maximum absolute atomic E-state index is 10.2. The minimum atomic E-state index is -1.29. The number of carboxylic acids is 2. The van der Waals surface area contributed by atoms with Crippen molar-refractivity contribution in [2.75, 3.05) is 6.61 Å². The van der Waals surface area contributed by atoms with Crippen molar-refractivity contribution in [3.05, 3.63) is 0 Å². The van der Waals surface area contributed by atoms with E-state index in [0.717, 1.165) is 6.42 Å². The van der Waals surface area contributed by atoms with Gasteiger partial charge in [0.15, 0.2) is 0 Å². The van der Waals surface area contributed by atoms with Gasteiger partial charge in [-0.05, 0) is 6.42 Å². The molecule has 7 nitrogen and oxygen atoms in total. The monoisotopic (exact) mass is 338 g/mol. The predicted molar refractivity (Wildman–Crippen MR) is 67.2 cm³/mol. The van der Waals surface area contributed by atoms with Crippen molar-refractivity contribution in [1.82, 2.24) is 0 Å². The number of carbonyl (C=O) groups is 4. The van der Waals surface area contributed by atoms with Crippen LogP contribution in [-0.2, 0) is 40.9 Å². The molecule has 0 saturated heterocycles. The summed E-state index contributed by atoms with van der Waals surface area (Å²) in [5, 5.41) is 27.1. The van der Waals surface area contributed by atoms with Crippen molar-refractivity contribution in [1.29, 1.82) is 0 Å². The quantitative estimate of drug-likeness (QED) is 0.445. The van der Waals surface area contributed by atoms with E-state index in [2.05, 4.69) is 0 Å². The molecule has 0 aromatic carbocycles. The van der Waals surface area contributed by atoms with E-state index in [0.29, 0.717) is 6.61 Å². The Morgan fingerprint density at radius 2 is 1.05 bits per heavy atom. The standard InChI is InChI=1S/2C5H8O3.C3H8O.Ti/c2*1-2-4(6)3-5(7)8;1-2-3-4;/h2*2-3H2,1H3,(H,7,8);4H,2-3H2,1H3;/q;;;+2/p-2. The molecular weight excluding hydrogens is 316 g/mol. The van der Waals surface area contributed by atoms with Crippen LogP contribution in [0.3, 0.4) is 0 Å². The minimum Gasteiger partial charge on any atom is -0.550 e. The molecule has 0 atom stereocenters. The first-order valence-corrected chi connectivity index (χ1v) is 6.28. The van der Waals surface area contributed by atoms with Crippen molar-refractivity contribution in [3.8, 4) is 0 Å². The third-order valence-corrected chi connectivity index (χ3v) is 1.70. The van der Waals surface area contributed by atoms with E-state index in [1.54, 1.807) is 13.8 Å². The van der Waals surface area contributed by atoms with E-state index in [1.165, 1.54) is 0 Å². The van der Waals surface area contributed by atoms with Crippen LogP contribution in [0.15, 0.2) is 0 Å². The maximum Gasteiger partial charge on any atom is 2.00 e. The minimum absolute atomic E-state index is 0. The van der Waals surface area contributed by atoms with Crippen molar-refractivity contribution in [3.63, 3.8) is 0 Å². The average Bonchev–Trinajstić information content (AvgIpc) is 2.38. The number of carboxylic acid groups (broad SMARTS) is 2. The molecule has 0 unspecified atom stereocenters. The smallest absolute Gasteiger partial charge is 0.550 e. The topological polar surface area (TPSA) is 135 Å². The normalized spacial score (nSPS) is 8.00. The van der Waals surface area contributed by atoms with Crippen LogP contribution in [-0.4, -0.2) is 35.2 Å². The molecular formula is C13H22O7Ti. The van der Waals surface area contributed by atoms with E-state index < -0.39 is 24.8 Å². The summed E-state index contributed by atoms with van der Waals surface area (Å²) in [5.41, 5.74) is 0. The van der Waals surface area contributed by atoms with Crippen molar-refractivity contribution in [2.45, 2.75) is 52.9 Å². The Morgan fingerprint density at radius 1 is 0.810 bits per heavy atom. The molecule has 120 valence electrons. The number of ketones is 2. The molecule has 0 aliphatic rings. The Balaban J connectivity index is -0.000000107. The van der Waals surface area contributed by atoms with Gasteiger partial charge in [-0.25, -0.2) is 0 Å². The molecule has 0 aromatic rings. The van der Waals surface area contributed by atoms with Crippen LogP contribution < -0.4 is 10.2 Å². The number of hydrogen-bond acceptors (Lipinski definition) is 7. The zero-order valence-electron chi connectivity index (χ0n) is 12.6. The van der Waals surface area contributed by atoms with Crippen molar-refractivity contribution in [2.24, 2.45) is 0 Å². The third kappa shape index (κ3) is 38.1. The number of carbonyl (C=O) groups excluding carboxylic acids is 4. The van der Waals surface area contributed by atoms with E-state index in [9.17, 15) is 29.4 Å². The number of Topliss-reactive ketones (excluding diaryl/α,β-unsaturated/α-hetero) is 2. The summed E-state index contributed by atoms with van der Waals surface area (Å²) in [6.45, 7) is 5.48. The molecule has 8 heteroatoms. The van der Waals surface area contributed by atoms with Gasteiger partial charge in [0, 0.05) is 44.2 Å². The van der Waals surface area contributed by atoms with E-state index in [1.807, 2.05) is 6.92 Å². The van der Waals surface area contributed by atoms with Gasteiger partial charge in [-0.1, -0.05) is 20.8 Å². The number of aliphatic carboxylic acids is 2. The van der Waals surface area contributed by atoms with Gasteiger partial charge in [0.05, 0.1) is 0 Å². The summed E-state index contributed by atoms with van der Waals surface area (Å²) >= 11 is 0. The average molecular weight is 338 g/mol. The van der Waals surface area contributed by atoms with Crippen LogP contribution in [0.1, 0.15) is 52.9 Å². The molecule has 0 bridgehead atoms. The van der Waals surface area contributed by atoms with Gasteiger partial charge in [0.25, 0.3) is 0 Å². The zero-order valence-corrected chi connectivity index (χ0v) is 14.2. The largest absolute Gasteiger partial charge is 2.00 e. The fourth-order valence-corrected chi connectivity index (χ4v) is 0.572. The molecule has 21 heavy (non-hydrogen) atoms. The molecule has 0 heterocycles. The Morgan fingerprint density at radius 3 is 1.10 bits per heavy atom. The molecule has 0 saturated carbocycles. The summed E-state index contributed by atoms with van der Waals surface area (Å²) < 4.78 is 0. The Bertz CT molecular complexity index is 273. The maximum atomic E-state index is 10.2. The van der Waals surface area contributed by atoms with Crippen LogP contribution in [0.5, 0.6) is 0 Å². The number of aliphatic hydroxyl groups excluding tert-OH is 1. The third-order valence-electron chi connectivity index (χ3n) is 1.70. The van der Waals surface area contributed by atoms with Gasteiger partial charge in [0.2, 0.25) is 0 Å². The molecule has 1 N–H and O–H groups in total. The SMILES string of the molecule is CCC(=O)CC(=O)[O-].CCC(=O)CC(=O)[O-].CCCO.[Ti+2]. The van der Waals surface area contributed by atoms with Gasteiger partial charge in [-0.15, -0.1) is 0 Å². The summed E-state index contributed by atoms with van der Waals surface area (Å²) in [7, 11) is 0. The first-order valence-electron chi connectivity index (χ1n) is 6.28. The number of aliphatic hydroxyl groups is 1. The first-order chi connectivity index (χ1) is 9.24. The van der Waals surface area contributed by atoms with E-state index >= 15 is 0 Å². The summed E-state index contributed by atoms with van der Waals surface area (Å²) in [4.78, 5) is 39.7. The van der Waals surface area contributed by atoms with Gasteiger partial charge >= 0.3 is 21.7 Å². The Labute approximate surface area is 139 Å². The Kier molecular flexibility index (Phi) is 28.5. The molecule has 0 radical (unpaired) electrons. The van der Waals surface area contributed by atoms with Crippen LogP contribution >= 0.6 is 0 Å². The van der Waals surface area contributed by atoms with Gasteiger partial charge in [0.1, 0.15) is 11.6 Å². The summed E-state index contributed by atoms with van der Waals surface area (Å²) in [5.74, 6) is -3.16. The molecule has 0 rings (SSSR count). The van der Waals surface area contributed by atoms with Crippen LogP contribution in [0.25, 0.3) is 0 Å². The number of hydrogen-bond donors (Lipinski definition) is 1. The van der Waals surface area contributed by atoms with Crippen molar-refractivity contribution >= 4 is 23.5 Å². The fourth-order valence-electron chi connectivity index (χ4n) is 0.572. The van der Waals surface area contributed by atoms with Gasteiger partial charge in [-0.3, -0.25) is 9.59 Å². The molecule has 0 aliphatic heterocycles. The van der Waals surface area contributed by atoms with Crippen LogP contribution in [0, 0.1) is 0 Å². The molecule has 0 fully saturated rings. The summed E-state index contributed by atoms with van der Waals surface area (Å²) in [6, 6.07) is 0. The molecule has 0 spiro atoms. The van der Waals surface area contributed by atoms with E-state index in [4.69, 9.17) is 5.11 Å². The molecule has 0 aromatic heterocycles. The zero-order chi connectivity index (χ0) is 16.6. The number of rotatable bonds is 7. The second kappa shape index (κ2) is 21.3. The van der Waals surface area contributed by atoms with Crippen LogP contribution in [0.2, 0.25) is 0 Å². The predicted octanol–water partition coefficient (Wildman–Crippen LogP) is -1.40. The van der Waals surface area contributed by atoms with E-state index in [-0.39, 0.29) is 46.1 Å². The van der Waals surface area contributed by atoms with Gasteiger partial charge in [-0.2, -0.15) is 0 Å². The first kappa shape index (κ1) is 28.2. The molecule has 0 aliphatic carbocycles. The summed E-state index contributed by atoms with van der Waals surface area (Å²) in [6.07, 6.45) is 0.523. The second-order valence-corrected chi connectivity index (χ2v) is 3.61. The second-order valence-electron chi connectivity index (χ2n) is 3.61. The van der Waals surface area contributed by atoms with Crippen molar-refractivity contribution < 1.29 is 56.2 Å².